The second-order valence-corrected chi connectivity index (χ2v) is 5.86. The molecular formula is C11H14BrNOS. The summed E-state index contributed by atoms with van der Waals surface area (Å²) in [4.78, 5) is 0. The summed E-state index contributed by atoms with van der Waals surface area (Å²) in [5, 5.41) is 5.59. The lowest BCUT2D eigenvalue weighted by Gasteiger charge is -2.13. The molecule has 2 rings (SSSR count). The number of rotatable bonds is 4. The molecule has 0 amide bonds. The average molecular weight is 288 g/mol. The largest absolute Gasteiger partial charge is 0.377 e. The van der Waals surface area contributed by atoms with E-state index in [4.69, 9.17) is 4.74 Å². The second-order valence-electron chi connectivity index (χ2n) is 3.57. The number of halogens is 1. The molecule has 0 bridgehead atoms. The van der Waals surface area contributed by atoms with Gasteiger partial charge in [0.25, 0.3) is 0 Å². The fourth-order valence-corrected chi connectivity index (χ4v) is 2.75. The van der Waals surface area contributed by atoms with Gasteiger partial charge in [0, 0.05) is 13.1 Å². The van der Waals surface area contributed by atoms with Crippen molar-refractivity contribution in [3.05, 3.63) is 32.4 Å². The summed E-state index contributed by atoms with van der Waals surface area (Å²) in [6.07, 6.45) is 3.33. The van der Waals surface area contributed by atoms with Crippen LogP contribution in [0.5, 0.6) is 0 Å². The quantitative estimate of drug-likeness (QED) is 0.860. The van der Waals surface area contributed by atoms with Crippen molar-refractivity contribution in [2.45, 2.75) is 13.0 Å². The maximum Gasteiger partial charge on any atom is 0.0701 e. The average Bonchev–Trinajstić information content (AvgIpc) is 2.66. The van der Waals surface area contributed by atoms with E-state index in [0.29, 0.717) is 0 Å². The topological polar surface area (TPSA) is 21.3 Å². The summed E-state index contributed by atoms with van der Waals surface area (Å²) in [5.74, 6) is 0. The Hall–Kier alpha value is -0.160. The molecule has 0 aliphatic carbocycles. The van der Waals surface area contributed by atoms with Crippen LogP contribution in [0.4, 0.5) is 0 Å². The lowest BCUT2D eigenvalue weighted by Crippen LogP contribution is -2.20. The van der Waals surface area contributed by atoms with Crippen LogP contribution in [0, 0.1) is 0 Å². The first-order chi connectivity index (χ1) is 7.34. The van der Waals surface area contributed by atoms with Gasteiger partial charge in [0.1, 0.15) is 0 Å². The summed E-state index contributed by atoms with van der Waals surface area (Å²) in [6.45, 7) is 3.54. The third-order valence-electron chi connectivity index (χ3n) is 2.29. The van der Waals surface area contributed by atoms with E-state index in [0.717, 1.165) is 32.7 Å². The standard InChI is InChI=1S/C11H14BrNOS/c12-11-4-10(8-15-11)6-13-5-9-2-1-3-14-7-9/h2,4,8,13H,1,3,5-7H2. The highest BCUT2D eigenvalue weighted by Gasteiger charge is 2.03. The van der Waals surface area contributed by atoms with Crippen molar-refractivity contribution in [1.29, 1.82) is 0 Å². The first kappa shape index (κ1) is 11.3. The Morgan fingerprint density at radius 3 is 3.07 bits per heavy atom. The van der Waals surface area contributed by atoms with Crippen LogP contribution in [0.25, 0.3) is 0 Å². The van der Waals surface area contributed by atoms with Gasteiger partial charge in [-0.3, -0.25) is 0 Å². The van der Waals surface area contributed by atoms with E-state index in [1.807, 2.05) is 0 Å². The van der Waals surface area contributed by atoms with E-state index in [1.54, 1.807) is 11.3 Å². The fourth-order valence-electron chi connectivity index (χ4n) is 1.54. The highest BCUT2D eigenvalue weighted by Crippen LogP contribution is 2.20. The van der Waals surface area contributed by atoms with Gasteiger partial charge in [0.15, 0.2) is 0 Å². The highest BCUT2D eigenvalue weighted by atomic mass is 79.9. The van der Waals surface area contributed by atoms with Gasteiger partial charge >= 0.3 is 0 Å². The van der Waals surface area contributed by atoms with Crippen LogP contribution in [-0.2, 0) is 11.3 Å². The van der Waals surface area contributed by atoms with Gasteiger partial charge in [-0.05, 0) is 44.9 Å². The predicted octanol–water partition coefficient (Wildman–Crippen LogP) is 2.95. The summed E-state index contributed by atoms with van der Waals surface area (Å²) in [7, 11) is 0. The van der Waals surface area contributed by atoms with Crippen LogP contribution < -0.4 is 5.32 Å². The Morgan fingerprint density at radius 1 is 1.47 bits per heavy atom. The van der Waals surface area contributed by atoms with E-state index >= 15 is 0 Å². The van der Waals surface area contributed by atoms with Gasteiger partial charge in [0.2, 0.25) is 0 Å². The molecule has 1 aromatic rings. The molecule has 82 valence electrons. The summed E-state index contributed by atoms with van der Waals surface area (Å²) >= 11 is 5.19. The Morgan fingerprint density at radius 2 is 2.40 bits per heavy atom. The van der Waals surface area contributed by atoms with Gasteiger partial charge in [-0.1, -0.05) is 6.08 Å². The Kier molecular flexibility index (Phi) is 4.38. The van der Waals surface area contributed by atoms with Crippen molar-refractivity contribution in [3.8, 4) is 0 Å². The Balaban J connectivity index is 1.72. The van der Waals surface area contributed by atoms with Crippen molar-refractivity contribution >= 4 is 27.3 Å². The van der Waals surface area contributed by atoms with E-state index < -0.39 is 0 Å². The van der Waals surface area contributed by atoms with Gasteiger partial charge in [-0.15, -0.1) is 11.3 Å². The lowest BCUT2D eigenvalue weighted by atomic mass is 10.2. The monoisotopic (exact) mass is 287 g/mol. The van der Waals surface area contributed by atoms with E-state index in [2.05, 4.69) is 38.8 Å². The first-order valence-electron chi connectivity index (χ1n) is 5.04. The minimum atomic E-state index is 0.792. The first-order valence-corrected chi connectivity index (χ1v) is 6.71. The van der Waals surface area contributed by atoms with Crippen LogP contribution >= 0.6 is 27.3 Å². The van der Waals surface area contributed by atoms with Crippen LogP contribution in [0.15, 0.2) is 26.9 Å². The molecule has 0 radical (unpaired) electrons. The number of nitrogens with one attached hydrogen (secondary N) is 1. The van der Waals surface area contributed by atoms with Gasteiger partial charge in [-0.25, -0.2) is 0 Å². The molecule has 15 heavy (non-hydrogen) atoms. The van der Waals surface area contributed by atoms with Crippen molar-refractivity contribution in [1.82, 2.24) is 5.32 Å². The summed E-state index contributed by atoms with van der Waals surface area (Å²) < 4.78 is 6.57. The van der Waals surface area contributed by atoms with Crippen LogP contribution in [0.2, 0.25) is 0 Å². The number of thiophene rings is 1. The molecule has 0 atom stereocenters. The molecule has 1 N–H and O–H groups in total. The minimum Gasteiger partial charge on any atom is -0.377 e. The second kappa shape index (κ2) is 5.80. The number of ether oxygens (including phenoxy) is 1. The van der Waals surface area contributed by atoms with E-state index in [1.165, 1.54) is 14.9 Å². The smallest absolute Gasteiger partial charge is 0.0701 e. The van der Waals surface area contributed by atoms with Crippen molar-refractivity contribution < 1.29 is 4.74 Å². The zero-order valence-electron chi connectivity index (χ0n) is 8.46. The van der Waals surface area contributed by atoms with Crippen molar-refractivity contribution in [3.63, 3.8) is 0 Å². The molecule has 0 saturated heterocycles. The molecule has 0 unspecified atom stereocenters. The van der Waals surface area contributed by atoms with Gasteiger partial charge in [0.05, 0.1) is 17.0 Å². The molecule has 0 saturated carbocycles. The van der Waals surface area contributed by atoms with Crippen LogP contribution in [0.1, 0.15) is 12.0 Å². The Bertz CT molecular complexity index is 348. The maximum absolute atomic E-state index is 5.38. The van der Waals surface area contributed by atoms with E-state index in [9.17, 15) is 0 Å². The van der Waals surface area contributed by atoms with Crippen LogP contribution in [-0.4, -0.2) is 19.8 Å². The molecule has 0 aromatic carbocycles. The lowest BCUT2D eigenvalue weighted by molar-refractivity contribution is 0.149. The molecule has 0 spiro atoms. The predicted molar refractivity (Wildman–Crippen MR) is 67.2 cm³/mol. The van der Waals surface area contributed by atoms with Crippen molar-refractivity contribution in [2.24, 2.45) is 0 Å². The molecule has 1 aliphatic heterocycles. The third kappa shape index (κ3) is 3.72. The molecule has 2 nitrogen and oxygen atoms in total. The Labute approximate surface area is 102 Å². The fraction of sp³-hybridized carbons (Fsp3) is 0.455. The van der Waals surface area contributed by atoms with Crippen LogP contribution in [0.3, 0.4) is 0 Å². The summed E-state index contributed by atoms with van der Waals surface area (Å²) in [6, 6.07) is 2.16. The van der Waals surface area contributed by atoms with Gasteiger partial charge in [-0.2, -0.15) is 0 Å². The molecule has 4 heteroatoms. The maximum atomic E-state index is 5.38. The molecule has 0 fully saturated rings. The number of hydrogen-bond acceptors (Lipinski definition) is 3. The third-order valence-corrected chi connectivity index (χ3v) is 3.84. The highest BCUT2D eigenvalue weighted by molar-refractivity contribution is 9.11. The van der Waals surface area contributed by atoms with E-state index in [-0.39, 0.29) is 0 Å². The molecule has 1 aliphatic rings. The normalized spacial score (nSPS) is 16.5. The SMILES string of the molecule is Brc1cc(CNCC2=CCCOC2)cs1. The zero-order chi connectivity index (χ0) is 10.5. The minimum absolute atomic E-state index is 0.792. The summed E-state index contributed by atoms with van der Waals surface area (Å²) in [5.41, 5.74) is 2.71. The molecule has 2 heterocycles. The van der Waals surface area contributed by atoms with Crippen molar-refractivity contribution in [2.75, 3.05) is 19.8 Å². The zero-order valence-corrected chi connectivity index (χ0v) is 10.9. The molecular weight excluding hydrogens is 274 g/mol. The molecule has 1 aromatic heterocycles. The number of hydrogen-bond donors (Lipinski definition) is 1. The van der Waals surface area contributed by atoms with Gasteiger partial charge < -0.3 is 10.1 Å².